The molecule has 2 N–H and O–H groups in total. The Morgan fingerprint density at radius 1 is 1.00 bits per heavy atom. The lowest BCUT2D eigenvalue weighted by atomic mass is 9.84. The number of hydrogen-bond acceptors (Lipinski definition) is 2. The number of anilines is 1. The Balaban J connectivity index is 1.54. The number of benzene rings is 1. The Kier molecular flexibility index (Phi) is 3.84. The largest absolute Gasteiger partial charge is 0.385 e. The van der Waals surface area contributed by atoms with Crippen molar-refractivity contribution in [2.45, 2.75) is 38.0 Å². The van der Waals surface area contributed by atoms with Crippen molar-refractivity contribution in [1.29, 1.82) is 0 Å². The number of nitrogens with one attached hydrogen (secondary N) is 2. The van der Waals surface area contributed by atoms with Gasteiger partial charge in [0.2, 0.25) is 0 Å². The minimum absolute atomic E-state index is 0.822. The second kappa shape index (κ2) is 5.75. The second-order valence-electron chi connectivity index (χ2n) is 5.86. The van der Waals surface area contributed by atoms with E-state index in [9.17, 15) is 0 Å². The molecule has 1 aromatic carbocycles. The van der Waals surface area contributed by atoms with Crippen molar-refractivity contribution in [3.05, 3.63) is 29.8 Å². The first-order chi connectivity index (χ1) is 8.92. The fourth-order valence-corrected chi connectivity index (χ4v) is 3.06. The summed E-state index contributed by atoms with van der Waals surface area (Å²) in [6, 6.07) is 9.18. The third-order valence-corrected chi connectivity index (χ3v) is 4.45. The van der Waals surface area contributed by atoms with Crippen LogP contribution in [0.4, 0.5) is 5.69 Å². The van der Waals surface area contributed by atoms with Crippen molar-refractivity contribution in [2.75, 3.05) is 25.0 Å². The van der Waals surface area contributed by atoms with Gasteiger partial charge in [0.05, 0.1) is 0 Å². The summed E-state index contributed by atoms with van der Waals surface area (Å²) in [5.41, 5.74) is 2.83. The summed E-state index contributed by atoms with van der Waals surface area (Å²) in [7, 11) is 0. The minimum Gasteiger partial charge on any atom is -0.385 e. The maximum Gasteiger partial charge on any atom is 0.0340 e. The monoisotopic (exact) mass is 244 g/mol. The number of rotatable bonds is 4. The highest BCUT2D eigenvalue weighted by atomic mass is 15.0. The summed E-state index contributed by atoms with van der Waals surface area (Å²) in [6.45, 7) is 3.45. The van der Waals surface area contributed by atoms with Crippen LogP contribution < -0.4 is 10.6 Å². The van der Waals surface area contributed by atoms with Crippen LogP contribution in [0.2, 0.25) is 0 Å². The smallest absolute Gasteiger partial charge is 0.0340 e. The summed E-state index contributed by atoms with van der Waals surface area (Å²) in [5.74, 6) is 1.65. The molecule has 0 amide bonds. The van der Waals surface area contributed by atoms with Gasteiger partial charge in [-0.15, -0.1) is 0 Å². The average Bonchev–Trinajstić information content (AvgIpc) is 2.39. The minimum atomic E-state index is 0.822. The maximum atomic E-state index is 3.54. The quantitative estimate of drug-likeness (QED) is 0.848. The third-order valence-electron chi connectivity index (χ3n) is 4.45. The molecule has 18 heavy (non-hydrogen) atoms. The molecule has 0 spiro atoms. The molecule has 1 aromatic rings. The van der Waals surface area contributed by atoms with Gasteiger partial charge in [0.25, 0.3) is 0 Å². The molecule has 2 heteroatoms. The lowest BCUT2D eigenvalue weighted by molar-refractivity contribution is 0.365. The van der Waals surface area contributed by atoms with Crippen molar-refractivity contribution in [3.8, 4) is 0 Å². The van der Waals surface area contributed by atoms with Crippen LogP contribution in [0.25, 0.3) is 0 Å². The van der Waals surface area contributed by atoms with E-state index in [1.165, 1.54) is 50.9 Å². The second-order valence-corrected chi connectivity index (χ2v) is 5.86. The summed E-state index contributed by atoms with van der Waals surface area (Å²) < 4.78 is 0. The SMILES string of the molecule is c1cc(C2CCCCC2)ccc1NCC1CNC1. The van der Waals surface area contributed by atoms with Crippen LogP contribution in [0.1, 0.15) is 43.6 Å². The van der Waals surface area contributed by atoms with Crippen molar-refractivity contribution in [1.82, 2.24) is 5.32 Å². The highest BCUT2D eigenvalue weighted by Crippen LogP contribution is 2.32. The molecular weight excluding hydrogens is 220 g/mol. The van der Waals surface area contributed by atoms with E-state index < -0.39 is 0 Å². The Hall–Kier alpha value is -1.02. The van der Waals surface area contributed by atoms with Crippen molar-refractivity contribution < 1.29 is 0 Å². The van der Waals surface area contributed by atoms with E-state index in [-0.39, 0.29) is 0 Å². The van der Waals surface area contributed by atoms with Crippen LogP contribution in [-0.4, -0.2) is 19.6 Å². The third kappa shape index (κ3) is 2.86. The molecule has 98 valence electrons. The van der Waals surface area contributed by atoms with Crippen LogP contribution in [0.5, 0.6) is 0 Å². The van der Waals surface area contributed by atoms with E-state index in [0.29, 0.717) is 0 Å². The maximum absolute atomic E-state index is 3.54. The molecule has 2 nitrogen and oxygen atoms in total. The van der Waals surface area contributed by atoms with E-state index in [0.717, 1.165) is 18.4 Å². The normalized spacial score (nSPS) is 21.6. The first-order valence-corrected chi connectivity index (χ1v) is 7.46. The average molecular weight is 244 g/mol. The van der Waals surface area contributed by atoms with E-state index in [1.807, 2.05) is 0 Å². The van der Waals surface area contributed by atoms with Gasteiger partial charge in [-0.2, -0.15) is 0 Å². The summed E-state index contributed by atoms with van der Waals surface area (Å²) in [5, 5.41) is 6.85. The fourth-order valence-electron chi connectivity index (χ4n) is 3.06. The van der Waals surface area contributed by atoms with Crippen LogP contribution in [0, 0.1) is 5.92 Å². The molecule has 3 rings (SSSR count). The Morgan fingerprint density at radius 3 is 2.33 bits per heavy atom. The summed E-state index contributed by atoms with van der Waals surface area (Å²) in [6.07, 6.45) is 7.05. The molecule has 2 fully saturated rings. The molecule has 2 aliphatic rings. The van der Waals surface area contributed by atoms with Gasteiger partial charge in [0, 0.05) is 31.2 Å². The van der Waals surface area contributed by atoms with Gasteiger partial charge < -0.3 is 10.6 Å². The molecule has 1 aliphatic carbocycles. The predicted octanol–water partition coefficient (Wildman–Crippen LogP) is 3.37. The highest BCUT2D eigenvalue weighted by Gasteiger charge is 2.17. The molecule has 0 atom stereocenters. The van der Waals surface area contributed by atoms with E-state index in [4.69, 9.17) is 0 Å². The van der Waals surface area contributed by atoms with Crippen molar-refractivity contribution in [3.63, 3.8) is 0 Å². The first-order valence-electron chi connectivity index (χ1n) is 7.46. The van der Waals surface area contributed by atoms with Crippen LogP contribution in [-0.2, 0) is 0 Å². The van der Waals surface area contributed by atoms with Crippen molar-refractivity contribution in [2.24, 2.45) is 5.92 Å². The Morgan fingerprint density at radius 2 is 1.72 bits per heavy atom. The molecule has 1 saturated heterocycles. The van der Waals surface area contributed by atoms with Gasteiger partial charge in [-0.3, -0.25) is 0 Å². The highest BCUT2D eigenvalue weighted by molar-refractivity contribution is 5.45. The molecule has 1 saturated carbocycles. The zero-order valence-electron chi connectivity index (χ0n) is 11.1. The van der Waals surface area contributed by atoms with Gasteiger partial charge >= 0.3 is 0 Å². The molecule has 1 heterocycles. The van der Waals surface area contributed by atoms with Gasteiger partial charge in [-0.1, -0.05) is 31.4 Å². The van der Waals surface area contributed by atoms with Crippen LogP contribution >= 0.6 is 0 Å². The van der Waals surface area contributed by atoms with Crippen LogP contribution in [0.15, 0.2) is 24.3 Å². The van der Waals surface area contributed by atoms with Gasteiger partial charge in [-0.25, -0.2) is 0 Å². The molecular formula is C16H24N2. The molecule has 0 unspecified atom stereocenters. The molecule has 0 radical (unpaired) electrons. The van der Waals surface area contributed by atoms with E-state index in [2.05, 4.69) is 34.9 Å². The standard InChI is InChI=1S/C16H24N2/c1-2-4-14(5-3-1)15-6-8-16(9-7-15)18-12-13-10-17-11-13/h6-9,13-14,17-18H,1-5,10-12H2. The molecule has 0 aromatic heterocycles. The van der Waals surface area contributed by atoms with Gasteiger partial charge in [0.1, 0.15) is 0 Å². The van der Waals surface area contributed by atoms with Gasteiger partial charge in [-0.05, 0) is 36.5 Å². The lowest BCUT2D eigenvalue weighted by Gasteiger charge is -2.27. The topological polar surface area (TPSA) is 24.1 Å². The van der Waals surface area contributed by atoms with E-state index in [1.54, 1.807) is 5.56 Å². The Labute approximate surface area is 110 Å². The Bertz CT molecular complexity index is 361. The van der Waals surface area contributed by atoms with E-state index >= 15 is 0 Å². The summed E-state index contributed by atoms with van der Waals surface area (Å²) in [4.78, 5) is 0. The first kappa shape index (κ1) is 12.0. The van der Waals surface area contributed by atoms with Crippen molar-refractivity contribution >= 4 is 5.69 Å². The number of hydrogen-bond donors (Lipinski definition) is 2. The zero-order chi connectivity index (χ0) is 12.2. The van der Waals surface area contributed by atoms with Gasteiger partial charge in [0.15, 0.2) is 0 Å². The zero-order valence-corrected chi connectivity index (χ0v) is 11.1. The van der Waals surface area contributed by atoms with Crippen LogP contribution in [0.3, 0.4) is 0 Å². The lowest BCUT2D eigenvalue weighted by Crippen LogP contribution is -2.45. The molecule has 0 bridgehead atoms. The summed E-state index contributed by atoms with van der Waals surface area (Å²) >= 11 is 0. The fraction of sp³-hybridized carbons (Fsp3) is 0.625. The molecule has 1 aliphatic heterocycles. The predicted molar refractivity (Wildman–Crippen MR) is 77.1 cm³/mol.